The molecule has 1 N–H and O–H groups in total. The summed E-state index contributed by atoms with van der Waals surface area (Å²) in [5.41, 5.74) is 0.106. The summed E-state index contributed by atoms with van der Waals surface area (Å²) >= 11 is 0. The molecule has 0 aromatic heterocycles. The van der Waals surface area contributed by atoms with Crippen molar-refractivity contribution >= 4 is 5.71 Å². The molecule has 0 aromatic rings. The molecule has 0 aliphatic heterocycles. The van der Waals surface area contributed by atoms with Gasteiger partial charge in [0.05, 0.1) is 0 Å². The molecule has 0 bridgehead atoms. The van der Waals surface area contributed by atoms with E-state index in [0.717, 1.165) is 0 Å². The molecule has 0 atom stereocenters. The predicted molar refractivity (Wildman–Crippen MR) is 26.8 cm³/mol. The van der Waals surface area contributed by atoms with Crippen LogP contribution in [-0.4, -0.2) is 22.4 Å². The molecule has 0 saturated carbocycles. The standard InChI is InChI=1S/C3H6N2O3/c1-3(4-6)2-5(7)8/h6H,2H2,1H3. The third-order valence-corrected chi connectivity index (χ3v) is 0.529. The minimum atomic E-state index is -0.560. The van der Waals surface area contributed by atoms with Crippen LogP contribution < -0.4 is 0 Å². The molecule has 0 heterocycles. The van der Waals surface area contributed by atoms with E-state index in [-0.39, 0.29) is 5.71 Å². The highest BCUT2D eigenvalue weighted by atomic mass is 16.6. The lowest BCUT2D eigenvalue weighted by atomic mass is 10.4. The Hall–Kier alpha value is -1.13. The van der Waals surface area contributed by atoms with Crippen molar-refractivity contribution in [1.29, 1.82) is 0 Å². The fourth-order valence-electron chi connectivity index (χ4n) is 0.218. The summed E-state index contributed by atoms with van der Waals surface area (Å²) in [5.74, 6) is 0. The van der Waals surface area contributed by atoms with Crippen LogP contribution in [0.2, 0.25) is 0 Å². The van der Waals surface area contributed by atoms with Gasteiger partial charge in [-0.25, -0.2) is 0 Å². The quantitative estimate of drug-likeness (QED) is 0.242. The second kappa shape index (κ2) is 2.95. The zero-order chi connectivity index (χ0) is 6.57. The van der Waals surface area contributed by atoms with Gasteiger partial charge < -0.3 is 5.21 Å². The lowest BCUT2D eigenvalue weighted by Crippen LogP contribution is -2.09. The maximum absolute atomic E-state index is 9.58. The van der Waals surface area contributed by atoms with Crippen molar-refractivity contribution in [1.82, 2.24) is 0 Å². The minimum absolute atomic E-state index is 0.106. The number of oxime groups is 1. The second-order valence-corrected chi connectivity index (χ2v) is 1.33. The first-order valence-electron chi connectivity index (χ1n) is 1.96. The average Bonchev–Trinajstić information content (AvgIpc) is 1.65. The summed E-state index contributed by atoms with van der Waals surface area (Å²) in [7, 11) is 0. The van der Waals surface area contributed by atoms with Gasteiger partial charge in [-0.1, -0.05) is 5.16 Å². The molecule has 0 fully saturated rings. The van der Waals surface area contributed by atoms with E-state index in [9.17, 15) is 10.1 Å². The molecule has 5 nitrogen and oxygen atoms in total. The van der Waals surface area contributed by atoms with Crippen LogP contribution in [0.5, 0.6) is 0 Å². The van der Waals surface area contributed by atoms with Gasteiger partial charge >= 0.3 is 0 Å². The van der Waals surface area contributed by atoms with Gasteiger partial charge in [0, 0.05) is 4.92 Å². The normalized spacial score (nSPS) is 11.4. The summed E-state index contributed by atoms with van der Waals surface area (Å²) < 4.78 is 0. The van der Waals surface area contributed by atoms with Crippen molar-refractivity contribution in [3.8, 4) is 0 Å². The van der Waals surface area contributed by atoms with Gasteiger partial charge in [0.25, 0.3) is 0 Å². The van der Waals surface area contributed by atoms with Gasteiger partial charge in [0.15, 0.2) is 0 Å². The Labute approximate surface area is 45.8 Å². The lowest BCUT2D eigenvalue weighted by molar-refractivity contribution is -0.463. The molecule has 46 valence electrons. The molecule has 0 unspecified atom stereocenters. The van der Waals surface area contributed by atoms with Crippen LogP contribution in [0.25, 0.3) is 0 Å². The highest BCUT2D eigenvalue weighted by Gasteiger charge is 1.98. The topological polar surface area (TPSA) is 75.7 Å². The van der Waals surface area contributed by atoms with Crippen molar-refractivity contribution in [2.75, 3.05) is 6.54 Å². The molecule has 0 radical (unpaired) electrons. The van der Waals surface area contributed by atoms with Crippen LogP contribution in [0.3, 0.4) is 0 Å². The SMILES string of the molecule is CC(C[N+](=O)[O-])=NO. The molecule has 0 rings (SSSR count). The smallest absolute Gasteiger partial charge is 0.244 e. The Morgan fingerprint density at radius 2 is 2.50 bits per heavy atom. The molecule has 0 aliphatic rings. The average molecular weight is 118 g/mol. The van der Waals surface area contributed by atoms with Crippen molar-refractivity contribution in [2.45, 2.75) is 6.92 Å². The lowest BCUT2D eigenvalue weighted by Gasteiger charge is -1.85. The predicted octanol–water partition coefficient (Wildman–Crippen LogP) is 0.113. The fraction of sp³-hybridized carbons (Fsp3) is 0.667. The van der Waals surface area contributed by atoms with Gasteiger partial charge in [-0.3, -0.25) is 10.1 Å². The van der Waals surface area contributed by atoms with E-state index in [2.05, 4.69) is 5.16 Å². The number of rotatable bonds is 2. The Balaban J connectivity index is 3.56. The first kappa shape index (κ1) is 6.87. The van der Waals surface area contributed by atoms with Crippen LogP contribution in [-0.2, 0) is 0 Å². The van der Waals surface area contributed by atoms with E-state index in [4.69, 9.17) is 5.21 Å². The summed E-state index contributed by atoms with van der Waals surface area (Å²) in [5, 5.41) is 20.1. The first-order chi connectivity index (χ1) is 3.66. The Kier molecular flexibility index (Phi) is 2.53. The van der Waals surface area contributed by atoms with Crippen LogP contribution in [0.4, 0.5) is 0 Å². The van der Waals surface area contributed by atoms with Crippen molar-refractivity contribution < 1.29 is 10.1 Å². The van der Waals surface area contributed by atoms with Crippen molar-refractivity contribution in [2.24, 2.45) is 5.16 Å². The number of nitrogens with zero attached hydrogens (tertiary/aromatic N) is 2. The number of nitro groups is 1. The Morgan fingerprint density at radius 1 is 2.00 bits per heavy atom. The van der Waals surface area contributed by atoms with Crippen molar-refractivity contribution in [3.05, 3.63) is 10.1 Å². The highest BCUT2D eigenvalue weighted by Crippen LogP contribution is 1.74. The molecule has 0 aliphatic carbocycles. The number of hydrogen-bond acceptors (Lipinski definition) is 4. The summed E-state index contributed by atoms with van der Waals surface area (Å²) in [6.07, 6.45) is 0. The van der Waals surface area contributed by atoms with E-state index in [1.165, 1.54) is 6.92 Å². The number of hydrogen-bond donors (Lipinski definition) is 1. The molecule has 0 saturated heterocycles. The third-order valence-electron chi connectivity index (χ3n) is 0.529. The van der Waals surface area contributed by atoms with Crippen LogP contribution in [0.1, 0.15) is 6.92 Å². The van der Waals surface area contributed by atoms with Gasteiger partial charge in [-0.15, -0.1) is 0 Å². The molecule has 0 aromatic carbocycles. The summed E-state index contributed by atoms with van der Waals surface area (Å²) in [6, 6.07) is 0. The Morgan fingerprint density at radius 3 is 2.62 bits per heavy atom. The zero-order valence-corrected chi connectivity index (χ0v) is 4.37. The van der Waals surface area contributed by atoms with Crippen LogP contribution in [0, 0.1) is 10.1 Å². The van der Waals surface area contributed by atoms with E-state index < -0.39 is 11.5 Å². The summed E-state index contributed by atoms with van der Waals surface area (Å²) in [6.45, 7) is 0.985. The van der Waals surface area contributed by atoms with E-state index in [0.29, 0.717) is 0 Å². The molecular weight excluding hydrogens is 112 g/mol. The largest absolute Gasteiger partial charge is 0.411 e. The first-order valence-corrected chi connectivity index (χ1v) is 1.96. The van der Waals surface area contributed by atoms with Gasteiger partial charge in [-0.05, 0) is 6.92 Å². The van der Waals surface area contributed by atoms with E-state index in [1.54, 1.807) is 0 Å². The molecule has 0 amide bonds. The summed E-state index contributed by atoms with van der Waals surface area (Å²) in [4.78, 5) is 9.02. The molecule has 5 heteroatoms. The molecular formula is C3H6N2O3. The Bertz CT molecular complexity index is 120. The van der Waals surface area contributed by atoms with Crippen LogP contribution >= 0.6 is 0 Å². The molecule has 8 heavy (non-hydrogen) atoms. The maximum atomic E-state index is 9.58. The third kappa shape index (κ3) is 3.08. The van der Waals surface area contributed by atoms with E-state index in [1.807, 2.05) is 0 Å². The maximum Gasteiger partial charge on any atom is 0.244 e. The monoisotopic (exact) mass is 118 g/mol. The van der Waals surface area contributed by atoms with E-state index >= 15 is 0 Å². The zero-order valence-electron chi connectivity index (χ0n) is 4.37. The highest BCUT2D eigenvalue weighted by molar-refractivity contribution is 5.82. The second-order valence-electron chi connectivity index (χ2n) is 1.33. The fourth-order valence-corrected chi connectivity index (χ4v) is 0.218. The van der Waals surface area contributed by atoms with Crippen LogP contribution in [0.15, 0.2) is 5.16 Å². The van der Waals surface area contributed by atoms with Crippen molar-refractivity contribution in [3.63, 3.8) is 0 Å². The van der Waals surface area contributed by atoms with Gasteiger partial charge in [0.1, 0.15) is 5.71 Å². The van der Waals surface area contributed by atoms with Gasteiger partial charge in [0.2, 0.25) is 6.54 Å². The molecule has 0 spiro atoms. The minimum Gasteiger partial charge on any atom is -0.411 e. The van der Waals surface area contributed by atoms with Gasteiger partial charge in [-0.2, -0.15) is 0 Å².